The van der Waals surface area contributed by atoms with Crippen molar-refractivity contribution >= 4 is 31.0 Å². The van der Waals surface area contributed by atoms with E-state index in [4.69, 9.17) is 24.3 Å². The number of rotatable bonds is 10. The molecule has 16 nitrogen and oxygen atoms in total. The number of hydrogen-bond donors (Lipinski definition) is 5. The van der Waals surface area contributed by atoms with Crippen LogP contribution in [0.15, 0.2) is 48.8 Å². The van der Waals surface area contributed by atoms with Gasteiger partial charge in [-0.05, 0) is 31.2 Å². The minimum Gasteiger partial charge on any atom is -0.451 e. The van der Waals surface area contributed by atoms with Gasteiger partial charge in [0.05, 0.1) is 5.69 Å². The van der Waals surface area contributed by atoms with Crippen LogP contribution in [0.4, 0.5) is 5.82 Å². The van der Waals surface area contributed by atoms with E-state index in [9.17, 15) is 29.6 Å². The summed E-state index contributed by atoms with van der Waals surface area (Å²) in [5.74, 6) is -1.10. The van der Waals surface area contributed by atoms with Gasteiger partial charge in [-0.1, -0.05) is 18.2 Å². The van der Waals surface area contributed by atoms with Crippen LogP contribution in [0.2, 0.25) is 0 Å². The number of para-hydroxylation sites is 1. The van der Waals surface area contributed by atoms with Gasteiger partial charge in [-0.15, -0.1) is 0 Å². The third-order valence-corrected chi connectivity index (χ3v) is 8.44. The summed E-state index contributed by atoms with van der Waals surface area (Å²) >= 11 is 0. The van der Waals surface area contributed by atoms with Crippen molar-refractivity contribution in [2.45, 2.75) is 49.4 Å². The van der Waals surface area contributed by atoms with Gasteiger partial charge < -0.3 is 35.3 Å². The fourth-order valence-corrected chi connectivity index (χ4v) is 6.10. The summed E-state index contributed by atoms with van der Waals surface area (Å²) in [6.07, 6.45) is -4.25. The first kappa shape index (κ1) is 29.4. The van der Waals surface area contributed by atoms with Gasteiger partial charge in [-0.3, -0.25) is 14.1 Å². The van der Waals surface area contributed by atoms with Crippen molar-refractivity contribution in [2.24, 2.45) is 0 Å². The number of nitrogens with two attached hydrogens (primary N) is 1. The van der Waals surface area contributed by atoms with Gasteiger partial charge in [-0.25, -0.2) is 14.1 Å². The van der Waals surface area contributed by atoms with Crippen LogP contribution < -0.4 is 20.7 Å². The SMILES string of the molecule is C[C@H](NP(=O)(OC[C@@]1(C#N)O[C@@H](c2ccc3c(N)ncnn23)[C@H](O)[C@@H]1O)Oc1ccccc1)C(=O)O[C@H]1CCNC1=O. The van der Waals surface area contributed by atoms with Crippen LogP contribution in [0.25, 0.3) is 5.52 Å². The van der Waals surface area contributed by atoms with Gasteiger partial charge in [-0.2, -0.15) is 15.4 Å². The monoisotopic (exact) mass is 601 g/mol. The zero-order valence-electron chi connectivity index (χ0n) is 22.2. The molecule has 2 aliphatic rings. The molecule has 1 amide bonds. The van der Waals surface area contributed by atoms with Crippen LogP contribution in [0.1, 0.15) is 25.1 Å². The Labute approximate surface area is 238 Å². The predicted molar refractivity (Wildman–Crippen MR) is 142 cm³/mol. The lowest BCUT2D eigenvalue weighted by Gasteiger charge is -2.28. The lowest BCUT2D eigenvalue weighted by molar-refractivity contribution is -0.155. The number of nitrogens with one attached hydrogen (secondary N) is 2. The fourth-order valence-electron chi connectivity index (χ4n) is 4.58. The summed E-state index contributed by atoms with van der Waals surface area (Å²) in [5.41, 5.74) is 4.32. The molecule has 42 heavy (non-hydrogen) atoms. The van der Waals surface area contributed by atoms with E-state index < -0.39 is 62.3 Å². The van der Waals surface area contributed by atoms with E-state index in [1.165, 1.54) is 36.0 Å². The van der Waals surface area contributed by atoms with Crippen molar-refractivity contribution in [3.05, 3.63) is 54.5 Å². The number of hydrogen-bond acceptors (Lipinski definition) is 13. The zero-order chi connectivity index (χ0) is 30.1. The summed E-state index contributed by atoms with van der Waals surface area (Å²) < 4.78 is 37.5. The number of amides is 1. The number of aliphatic hydroxyl groups excluding tert-OH is 2. The quantitative estimate of drug-likeness (QED) is 0.152. The summed E-state index contributed by atoms with van der Waals surface area (Å²) in [7, 11) is -4.51. The molecular formula is C25H28N7O9P. The van der Waals surface area contributed by atoms with Crippen molar-refractivity contribution in [3.63, 3.8) is 0 Å². The number of esters is 1. The highest BCUT2D eigenvalue weighted by Crippen LogP contribution is 2.48. The van der Waals surface area contributed by atoms with Gasteiger partial charge in [0.15, 0.2) is 11.9 Å². The molecule has 2 aliphatic heterocycles. The van der Waals surface area contributed by atoms with Crippen molar-refractivity contribution in [1.82, 2.24) is 25.0 Å². The van der Waals surface area contributed by atoms with E-state index >= 15 is 0 Å². The largest absolute Gasteiger partial charge is 0.459 e. The smallest absolute Gasteiger partial charge is 0.451 e. The van der Waals surface area contributed by atoms with Crippen LogP contribution in [0, 0.1) is 11.3 Å². The van der Waals surface area contributed by atoms with Crippen LogP contribution in [-0.2, 0) is 28.2 Å². The van der Waals surface area contributed by atoms with E-state index in [0.717, 1.165) is 0 Å². The van der Waals surface area contributed by atoms with Gasteiger partial charge in [0.2, 0.25) is 5.60 Å². The van der Waals surface area contributed by atoms with Crippen molar-refractivity contribution in [3.8, 4) is 11.8 Å². The second-order valence-corrected chi connectivity index (χ2v) is 11.4. The number of anilines is 1. The molecule has 17 heteroatoms. The van der Waals surface area contributed by atoms with E-state index in [-0.39, 0.29) is 23.7 Å². The third kappa shape index (κ3) is 5.66. The van der Waals surface area contributed by atoms with Gasteiger partial charge in [0, 0.05) is 13.0 Å². The number of nitriles is 1. The Morgan fingerprint density at radius 1 is 1.36 bits per heavy atom. The molecule has 4 heterocycles. The standard InChI is InChI=1S/C25H28N7O9P/c1-14(24(36)39-18-9-10-28-23(18)35)31-42(37,41-15-5-3-2-4-6-15)38-12-25(11-26)21(34)19(33)20(40-25)16-7-8-17-22(27)29-13-30-32(16)17/h2-8,13-14,18-21,33-34H,9-10,12H2,1H3,(H,28,35)(H,31,37)(H2,27,29,30)/t14-,18-,19-,20-,21-,25+,42?/m0/s1. The number of benzene rings is 1. The molecule has 0 spiro atoms. The summed E-state index contributed by atoms with van der Waals surface area (Å²) in [6, 6.07) is 11.5. The molecule has 0 radical (unpaired) electrons. The van der Waals surface area contributed by atoms with E-state index in [1.807, 2.05) is 6.07 Å². The van der Waals surface area contributed by atoms with Crippen LogP contribution in [0.5, 0.6) is 5.75 Å². The average Bonchev–Trinajstić information content (AvgIpc) is 3.65. The number of carbonyl (C=O) groups is 2. The Balaban J connectivity index is 1.36. The number of aromatic nitrogens is 3. The number of fused-ring (bicyclic) bond motifs is 1. The Morgan fingerprint density at radius 3 is 2.81 bits per heavy atom. The molecule has 2 aromatic heterocycles. The summed E-state index contributed by atoms with van der Waals surface area (Å²) in [4.78, 5) is 28.4. The van der Waals surface area contributed by atoms with Gasteiger partial charge in [0.25, 0.3) is 5.91 Å². The Bertz CT molecular complexity index is 1560. The van der Waals surface area contributed by atoms with Crippen LogP contribution >= 0.6 is 7.75 Å². The van der Waals surface area contributed by atoms with Gasteiger partial charge >= 0.3 is 13.7 Å². The molecule has 2 fully saturated rings. The number of nitrogens with zero attached hydrogens (tertiary/aromatic N) is 4. The molecule has 5 rings (SSSR count). The number of carbonyl (C=O) groups excluding carboxylic acids is 2. The first-order chi connectivity index (χ1) is 20.1. The molecule has 7 atom stereocenters. The molecule has 0 saturated carbocycles. The fraction of sp³-hybridized carbons (Fsp3) is 0.400. The van der Waals surface area contributed by atoms with Crippen molar-refractivity contribution in [2.75, 3.05) is 18.9 Å². The first-order valence-electron chi connectivity index (χ1n) is 12.8. The molecule has 1 unspecified atom stereocenters. The number of nitrogen functional groups attached to an aromatic ring is 1. The third-order valence-electron chi connectivity index (χ3n) is 6.82. The number of ether oxygens (including phenoxy) is 2. The van der Waals surface area contributed by atoms with Crippen LogP contribution in [-0.4, -0.2) is 79.8 Å². The predicted octanol–water partition coefficient (Wildman–Crippen LogP) is -0.0195. The zero-order valence-corrected chi connectivity index (χ0v) is 23.1. The van der Waals surface area contributed by atoms with Crippen molar-refractivity contribution < 1.29 is 42.9 Å². The van der Waals surface area contributed by atoms with Crippen molar-refractivity contribution in [1.29, 1.82) is 5.26 Å². The van der Waals surface area contributed by atoms with E-state index in [0.29, 0.717) is 12.1 Å². The highest BCUT2D eigenvalue weighted by atomic mass is 31.2. The molecule has 0 bridgehead atoms. The molecule has 2 saturated heterocycles. The molecule has 1 aromatic carbocycles. The average molecular weight is 602 g/mol. The lowest BCUT2D eigenvalue weighted by atomic mass is 9.96. The highest BCUT2D eigenvalue weighted by Gasteiger charge is 2.57. The summed E-state index contributed by atoms with van der Waals surface area (Å²) in [5, 5.41) is 41.0. The minimum absolute atomic E-state index is 0.0952. The maximum Gasteiger partial charge on any atom is 0.459 e. The maximum absolute atomic E-state index is 13.9. The Morgan fingerprint density at radius 2 is 2.12 bits per heavy atom. The topological polar surface area (TPSA) is 233 Å². The minimum atomic E-state index is -4.51. The number of aliphatic hydroxyl groups is 2. The summed E-state index contributed by atoms with van der Waals surface area (Å²) in [6.45, 7) is 0.816. The lowest BCUT2D eigenvalue weighted by Crippen LogP contribution is -2.46. The molecule has 0 aliphatic carbocycles. The maximum atomic E-state index is 13.9. The second kappa shape index (κ2) is 11.6. The van der Waals surface area contributed by atoms with E-state index in [1.54, 1.807) is 24.3 Å². The van der Waals surface area contributed by atoms with Crippen LogP contribution in [0.3, 0.4) is 0 Å². The van der Waals surface area contributed by atoms with Gasteiger partial charge in [0.1, 0.15) is 54.6 Å². The molecular weight excluding hydrogens is 573 g/mol. The normalized spacial score (nSPS) is 27.6. The molecule has 6 N–H and O–H groups in total. The molecule has 3 aromatic rings. The first-order valence-corrected chi connectivity index (χ1v) is 14.4. The molecule has 222 valence electrons. The highest BCUT2D eigenvalue weighted by molar-refractivity contribution is 7.52. The Hall–Kier alpha value is -4.10. The Kier molecular flexibility index (Phi) is 8.15. The van der Waals surface area contributed by atoms with E-state index in [2.05, 4.69) is 20.5 Å². The second-order valence-electron chi connectivity index (χ2n) is 9.71.